The van der Waals surface area contributed by atoms with Crippen LogP contribution in [0.4, 0.5) is 5.69 Å². The predicted molar refractivity (Wildman–Crippen MR) is 115 cm³/mol. The Balaban J connectivity index is 1.80. The molecule has 0 aromatic heterocycles. The molecule has 0 fully saturated rings. The topological polar surface area (TPSA) is 20.3 Å². The van der Waals surface area contributed by atoms with Crippen molar-refractivity contribution < 1.29 is 4.79 Å². The van der Waals surface area contributed by atoms with Gasteiger partial charge in [-0.3, -0.25) is 9.69 Å². The fraction of sp³-hybridized carbons (Fsp3) is 0. The zero-order chi connectivity index (χ0) is 18.8. The van der Waals surface area contributed by atoms with Gasteiger partial charge in [0, 0.05) is 20.8 Å². The van der Waals surface area contributed by atoms with E-state index in [9.17, 15) is 4.79 Å². The number of carbonyl (C=O) groups excluding carboxylic acids is 1. The summed E-state index contributed by atoms with van der Waals surface area (Å²) < 4.78 is 1.01. The predicted octanol–water partition coefficient (Wildman–Crippen LogP) is 6.57. The number of anilines is 1. The van der Waals surface area contributed by atoms with Crippen molar-refractivity contribution in [2.24, 2.45) is 0 Å². The first kappa shape index (κ1) is 17.8. The summed E-state index contributed by atoms with van der Waals surface area (Å²) in [6.45, 7) is 0. The Morgan fingerprint density at radius 1 is 0.852 bits per heavy atom. The highest BCUT2D eigenvalue weighted by Crippen LogP contribution is 2.35. The number of rotatable bonds is 3. The first-order chi connectivity index (χ1) is 13.1. The molecule has 1 aliphatic rings. The molecule has 0 saturated heterocycles. The summed E-state index contributed by atoms with van der Waals surface area (Å²) in [4.78, 5) is 14.9. The summed E-state index contributed by atoms with van der Waals surface area (Å²) >= 11 is 9.46. The fourth-order valence-corrected chi connectivity index (χ4v) is 3.41. The standard InChI is InChI=1S/C23H15BrClNO/c24-19-8-6-16(7-9-19)14-18-15-22(17-4-2-1-3-5-17)26(23(18)27)21-12-10-20(25)11-13-21/h1-15H/b18-14+. The van der Waals surface area contributed by atoms with Crippen LogP contribution in [-0.2, 0) is 4.79 Å². The fourth-order valence-electron chi connectivity index (χ4n) is 3.02. The number of hydrogen-bond donors (Lipinski definition) is 0. The number of benzene rings is 3. The minimum Gasteiger partial charge on any atom is -0.276 e. The Morgan fingerprint density at radius 2 is 1.52 bits per heavy atom. The van der Waals surface area contributed by atoms with E-state index in [1.807, 2.05) is 78.9 Å². The van der Waals surface area contributed by atoms with Crippen LogP contribution in [0.1, 0.15) is 11.1 Å². The lowest BCUT2D eigenvalue weighted by Gasteiger charge is -2.21. The molecule has 0 aliphatic carbocycles. The van der Waals surface area contributed by atoms with Gasteiger partial charge < -0.3 is 0 Å². The zero-order valence-electron chi connectivity index (χ0n) is 14.3. The SMILES string of the molecule is O=C1/C(=C/c2ccc(Br)cc2)C=C(c2ccccc2)N1c1ccc(Cl)cc1. The normalized spacial score (nSPS) is 15.3. The van der Waals surface area contributed by atoms with Gasteiger partial charge in [-0.2, -0.15) is 0 Å². The van der Waals surface area contributed by atoms with Crippen LogP contribution in [0.15, 0.2) is 95.0 Å². The zero-order valence-corrected chi connectivity index (χ0v) is 16.6. The lowest BCUT2D eigenvalue weighted by Crippen LogP contribution is -2.24. The number of halogens is 2. The summed E-state index contributed by atoms with van der Waals surface area (Å²) in [5.74, 6) is -0.0564. The monoisotopic (exact) mass is 435 g/mol. The minimum absolute atomic E-state index is 0.0564. The van der Waals surface area contributed by atoms with Crippen molar-refractivity contribution >= 4 is 50.9 Å². The van der Waals surface area contributed by atoms with Gasteiger partial charge in [0.15, 0.2) is 0 Å². The third kappa shape index (κ3) is 3.75. The van der Waals surface area contributed by atoms with E-state index in [2.05, 4.69) is 15.9 Å². The second-order valence-corrected chi connectivity index (χ2v) is 7.52. The third-order valence-electron chi connectivity index (χ3n) is 4.33. The van der Waals surface area contributed by atoms with E-state index in [4.69, 9.17) is 11.6 Å². The summed E-state index contributed by atoms with van der Waals surface area (Å²) in [5.41, 5.74) is 4.25. The smallest absolute Gasteiger partial charge is 0.262 e. The Bertz CT molecular complexity index is 1040. The molecular formula is C23H15BrClNO. The van der Waals surface area contributed by atoms with Crippen LogP contribution in [0.25, 0.3) is 11.8 Å². The van der Waals surface area contributed by atoms with Crippen LogP contribution in [0, 0.1) is 0 Å². The number of nitrogens with zero attached hydrogens (tertiary/aromatic N) is 1. The lowest BCUT2D eigenvalue weighted by molar-refractivity contribution is -0.113. The van der Waals surface area contributed by atoms with Gasteiger partial charge in [0.05, 0.1) is 5.70 Å². The molecular weight excluding hydrogens is 422 g/mol. The van der Waals surface area contributed by atoms with Crippen molar-refractivity contribution in [2.45, 2.75) is 0 Å². The molecule has 0 N–H and O–H groups in total. The molecule has 4 heteroatoms. The molecule has 132 valence electrons. The van der Waals surface area contributed by atoms with E-state index in [0.29, 0.717) is 10.6 Å². The van der Waals surface area contributed by atoms with Gasteiger partial charge in [-0.1, -0.05) is 70.0 Å². The van der Waals surface area contributed by atoms with Crippen LogP contribution >= 0.6 is 27.5 Å². The molecule has 3 aromatic carbocycles. The highest BCUT2D eigenvalue weighted by Gasteiger charge is 2.30. The van der Waals surface area contributed by atoms with Crippen LogP contribution in [-0.4, -0.2) is 5.91 Å². The average Bonchev–Trinajstić information content (AvgIpc) is 3.01. The third-order valence-corrected chi connectivity index (χ3v) is 5.11. The summed E-state index contributed by atoms with van der Waals surface area (Å²) in [6.07, 6.45) is 3.85. The van der Waals surface area contributed by atoms with E-state index >= 15 is 0 Å². The minimum atomic E-state index is -0.0564. The van der Waals surface area contributed by atoms with E-state index in [1.54, 1.807) is 17.0 Å². The number of amides is 1. The largest absolute Gasteiger partial charge is 0.276 e. The van der Waals surface area contributed by atoms with Crippen LogP contribution < -0.4 is 4.90 Å². The molecule has 27 heavy (non-hydrogen) atoms. The molecule has 0 spiro atoms. The maximum atomic E-state index is 13.2. The molecule has 4 rings (SSSR count). The number of hydrogen-bond acceptors (Lipinski definition) is 1. The Labute approximate surface area is 171 Å². The Hall–Kier alpha value is -2.62. The lowest BCUT2D eigenvalue weighted by atomic mass is 10.1. The van der Waals surface area contributed by atoms with Gasteiger partial charge in [0.2, 0.25) is 0 Å². The van der Waals surface area contributed by atoms with Gasteiger partial charge in [0.25, 0.3) is 5.91 Å². The first-order valence-corrected chi connectivity index (χ1v) is 9.63. The van der Waals surface area contributed by atoms with E-state index < -0.39 is 0 Å². The van der Waals surface area contributed by atoms with Crippen molar-refractivity contribution in [1.29, 1.82) is 0 Å². The summed E-state index contributed by atoms with van der Waals surface area (Å²) in [5, 5.41) is 0.640. The van der Waals surface area contributed by atoms with Gasteiger partial charge in [-0.25, -0.2) is 0 Å². The summed E-state index contributed by atoms with van der Waals surface area (Å²) in [7, 11) is 0. The van der Waals surface area contributed by atoms with Crippen LogP contribution in [0.3, 0.4) is 0 Å². The first-order valence-electron chi connectivity index (χ1n) is 8.46. The van der Waals surface area contributed by atoms with Crippen LogP contribution in [0.2, 0.25) is 5.02 Å². The molecule has 3 aromatic rings. The highest BCUT2D eigenvalue weighted by atomic mass is 79.9. The van der Waals surface area contributed by atoms with E-state index in [1.165, 1.54) is 0 Å². The molecule has 1 aliphatic heterocycles. The molecule has 0 saturated carbocycles. The van der Waals surface area contributed by atoms with Crippen molar-refractivity contribution in [3.05, 3.63) is 111 Å². The molecule has 0 radical (unpaired) electrons. The molecule has 0 unspecified atom stereocenters. The molecule has 1 amide bonds. The van der Waals surface area contributed by atoms with Crippen molar-refractivity contribution in [2.75, 3.05) is 4.90 Å². The molecule has 1 heterocycles. The Morgan fingerprint density at radius 3 is 2.19 bits per heavy atom. The van der Waals surface area contributed by atoms with Crippen molar-refractivity contribution in [1.82, 2.24) is 0 Å². The van der Waals surface area contributed by atoms with E-state index in [0.717, 1.165) is 27.0 Å². The quantitative estimate of drug-likeness (QED) is 0.425. The van der Waals surface area contributed by atoms with Crippen LogP contribution in [0.5, 0.6) is 0 Å². The second-order valence-electron chi connectivity index (χ2n) is 6.16. The van der Waals surface area contributed by atoms with Crippen molar-refractivity contribution in [3.8, 4) is 0 Å². The highest BCUT2D eigenvalue weighted by molar-refractivity contribution is 9.10. The van der Waals surface area contributed by atoms with Gasteiger partial charge in [-0.05, 0) is 59.7 Å². The molecule has 0 bridgehead atoms. The maximum absolute atomic E-state index is 13.2. The van der Waals surface area contributed by atoms with E-state index in [-0.39, 0.29) is 5.91 Å². The van der Waals surface area contributed by atoms with Gasteiger partial charge >= 0.3 is 0 Å². The van der Waals surface area contributed by atoms with Gasteiger partial charge in [0.1, 0.15) is 0 Å². The summed E-state index contributed by atoms with van der Waals surface area (Å²) in [6, 6.07) is 25.1. The second kappa shape index (κ2) is 7.55. The number of carbonyl (C=O) groups is 1. The van der Waals surface area contributed by atoms with Gasteiger partial charge in [-0.15, -0.1) is 0 Å². The molecule has 0 atom stereocenters. The Kier molecular flexibility index (Phi) is 4.97. The molecule has 2 nitrogen and oxygen atoms in total. The average molecular weight is 437 g/mol. The maximum Gasteiger partial charge on any atom is 0.262 e. The van der Waals surface area contributed by atoms with Crippen molar-refractivity contribution in [3.63, 3.8) is 0 Å².